The molecule has 0 bridgehead atoms. The summed E-state index contributed by atoms with van der Waals surface area (Å²) in [5.74, 6) is -10.6. The fraction of sp³-hybridized carbons (Fsp3) is 0.723. The number of hydrogen-bond acceptors (Lipinski definition) is 42. The predicted molar refractivity (Wildman–Crippen MR) is 446 cm³/mol. The lowest BCUT2D eigenvalue weighted by atomic mass is 9.96. The van der Waals surface area contributed by atoms with Gasteiger partial charge in [-0.15, -0.1) is 0 Å². The van der Waals surface area contributed by atoms with Gasteiger partial charge < -0.3 is 161 Å². The van der Waals surface area contributed by atoms with Gasteiger partial charge in [0.05, 0.1) is 139 Å². The molecule has 8 amide bonds. The molecular weight excluding hydrogens is 1780 g/mol. The smallest absolute Gasteiger partial charge is 0.407 e. The molecule has 0 unspecified atom stereocenters. The fourth-order valence-electron chi connectivity index (χ4n) is 12.8. The van der Waals surface area contributed by atoms with Gasteiger partial charge in [0.25, 0.3) is 0 Å². The number of esters is 9. The van der Waals surface area contributed by atoms with Crippen molar-refractivity contribution in [1.82, 2.24) is 42.5 Å². The van der Waals surface area contributed by atoms with Gasteiger partial charge in [0.1, 0.15) is 74.9 Å². The number of carbonyl (C=O) groups excluding carboxylic acids is 17. The number of carbonyl (C=O) groups is 17. The molecule has 3 heterocycles. The molecule has 50 heteroatoms. The number of benzene rings is 1. The van der Waals surface area contributed by atoms with Gasteiger partial charge in [-0.2, -0.15) is 0 Å². The minimum atomic E-state index is -1.65. The molecule has 0 saturated carbocycles. The van der Waals surface area contributed by atoms with Crippen LogP contribution >= 0.6 is 0 Å². The third kappa shape index (κ3) is 49.8. The highest BCUT2D eigenvalue weighted by molar-refractivity contribution is 5.83. The van der Waals surface area contributed by atoms with Crippen molar-refractivity contribution in [2.45, 2.75) is 206 Å². The summed E-state index contributed by atoms with van der Waals surface area (Å²) >= 11 is 0. The summed E-state index contributed by atoms with van der Waals surface area (Å²) in [5, 5.41) is 21.1. The van der Waals surface area contributed by atoms with Crippen LogP contribution in [0.3, 0.4) is 0 Å². The summed E-state index contributed by atoms with van der Waals surface area (Å²) in [6, 6.07) is 5.15. The van der Waals surface area contributed by atoms with Crippen molar-refractivity contribution >= 4 is 101 Å². The first kappa shape index (κ1) is 115. The lowest BCUT2D eigenvalue weighted by Crippen LogP contribution is -2.66. The first-order chi connectivity index (χ1) is 63.4. The molecule has 1 aromatic carbocycles. The molecule has 15 atom stereocenters. The standard InChI is InChI=1S/C83H128N8O42/c1-50(92)88-70-76(128-59(10)101)73(125-56(7)98)63(44-121-53(4)95)131-79(70)118-39-36-112-33-30-109-27-21-84-66(104)18-24-115-47-83(91-69(107)42-87-82(108)124-43-62-16-14-13-15-17-62,48-116-25-19-67(105)85-22-28-110-31-34-113-37-40-119-80-71(89-51(2)93)77(129-60(11)102)74(126-57(8)99)64(132-80)45-122-54(5)96)49-117-26-20-68(106)86-23-29-111-32-35-114-38-41-120-81-72(90-52(3)94)78(130-61(12)103)75(127-58(9)100)65(133-81)46-123-55(6)97/h13-17,63-65,70-81H,18-49H2,1-12H3,(H,84,104)(H,85,105)(H,86,106)(H,87,108)(H,88,92)(H,89,93)(H,90,94)(H,91,107)/t63-,64-,65-,70-,71-,72-,73+,74+,75+,76-,77-,78-,79-,80-,81-/m1/s1. The summed E-state index contributed by atoms with van der Waals surface area (Å²) in [6.45, 7) is 9.67. The molecule has 3 aliphatic heterocycles. The molecular formula is C83H128N8O42. The van der Waals surface area contributed by atoms with E-state index in [0.717, 1.165) is 62.3 Å². The van der Waals surface area contributed by atoms with Crippen molar-refractivity contribution in [3.8, 4) is 0 Å². The molecule has 0 aromatic heterocycles. The summed E-state index contributed by atoms with van der Waals surface area (Å²) in [4.78, 5) is 212. The fourth-order valence-corrected chi connectivity index (χ4v) is 12.8. The van der Waals surface area contributed by atoms with Crippen LogP contribution in [-0.4, -0.2) is 383 Å². The average molecular weight is 1910 g/mol. The number of rotatable bonds is 65. The Labute approximate surface area is 767 Å². The van der Waals surface area contributed by atoms with E-state index in [0.29, 0.717) is 5.56 Å². The van der Waals surface area contributed by atoms with Gasteiger partial charge in [-0.25, -0.2) is 4.79 Å². The van der Waals surface area contributed by atoms with Gasteiger partial charge in [0, 0.05) is 122 Å². The Bertz CT molecular complexity index is 3480. The first-order valence-corrected chi connectivity index (χ1v) is 42.8. The second-order valence-corrected chi connectivity index (χ2v) is 29.6. The van der Waals surface area contributed by atoms with Gasteiger partial charge in [0.15, 0.2) is 55.5 Å². The zero-order valence-electron chi connectivity index (χ0n) is 76.8. The maximum Gasteiger partial charge on any atom is 0.407 e. The molecule has 0 radical (unpaired) electrons. The van der Waals surface area contributed by atoms with Crippen molar-refractivity contribution in [2.75, 3.05) is 185 Å². The Balaban J connectivity index is 1.35. The highest BCUT2D eigenvalue weighted by Gasteiger charge is 2.55. The van der Waals surface area contributed by atoms with Crippen LogP contribution in [0.15, 0.2) is 30.3 Å². The highest BCUT2D eigenvalue weighted by atomic mass is 16.7. The van der Waals surface area contributed by atoms with E-state index in [1.54, 1.807) is 30.3 Å². The van der Waals surface area contributed by atoms with Crippen LogP contribution in [0, 0.1) is 0 Å². The van der Waals surface area contributed by atoms with Crippen molar-refractivity contribution in [3.63, 3.8) is 0 Å². The molecule has 0 spiro atoms. The van der Waals surface area contributed by atoms with Crippen LogP contribution in [0.25, 0.3) is 0 Å². The van der Waals surface area contributed by atoms with Gasteiger partial charge in [-0.05, 0) is 5.56 Å². The van der Waals surface area contributed by atoms with Crippen molar-refractivity contribution in [1.29, 1.82) is 0 Å². The molecule has 3 aliphatic rings. The van der Waals surface area contributed by atoms with Crippen molar-refractivity contribution < 1.29 is 200 Å². The maximum absolute atomic E-state index is 13.9. The number of ether oxygens (including phenoxy) is 25. The van der Waals surface area contributed by atoms with Crippen LogP contribution in [-0.2, 0) is 202 Å². The Morgan fingerprint density at radius 3 is 0.857 bits per heavy atom. The summed E-state index contributed by atoms with van der Waals surface area (Å²) in [6.07, 6.45) is -17.0. The molecule has 0 aliphatic carbocycles. The zero-order chi connectivity index (χ0) is 98.1. The van der Waals surface area contributed by atoms with Crippen molar-refractivity contribution in [2.24, 2.45) is 0 Å². The predicted octanol–water partition coefficient (Wildman–Crippen LogP) is -3.55. The van der Waals surface area contributed by atoms with E-state index >= 15 is 0 Å². The van der Waals surface area contributed by atoms with E-state index in [4.69, 9.17) is 118 Å². The highest BCUT2D eigenvalue weighted by Crippen LogP contribution is 2.32. The van der Waals surface area contributed by atoms with Crippen LogP contribution in [0.5, 0.6) is 0 Å². The molecule has 50 nitrogen and oxygen atoms in total. The SMILES string of the molecule is CC(=O)N[C@H]1[C@H](OCCOCCOCCNC(=O)CCOCC(COCCC(=O)NCCOCCOCCO[C@@H]2O[C@H](COC(C)=O)[C@H](OC(C)=O)[C@H](OC(C)=O)[C@H]2NC(C)=O)(COCCC(=O)NCCOCCOCCO[C@@H]2O[C@H](COC(C)=O)[C@H](OC(C)=O)[C@H](OC(C)=O)[C@H]2NC(C)=O)NC(=O)CNC(=O)OCc2ccccc2)O[C@H](COC(C)=O)[C@H](OC(C)=O)[C@@H]1OC(C)=O. The number of amides is 8. The van der Waals surface area contributed by atoms with E-state index in [9.17, 15) is 81.5 Å². The Hall–Kier alpha value is -10.6. The topological polar surface area (TPSA) is 617 Å². The molecule has 1 aromatic rings. The van der Waals surface area contributed by atoms with Gasteiger partial charge >= 0.3 is 59.8 Å². The second kappa shape index (κ2) is 65.1. The van der Waals surface area contributed by atoms with E-state index < -0.39 is 245 Å². The summed E-state index contributed by atoms with van der Waals surface area (Å²) in [7, 11) is 0. The van der Waals surface area contributed by atoms with Crippen LogP contribution in [0.1, 0.15) is 108 Å². The molecule has 4 rings (SSSR count). The lowest BCUT2D eigenvalue weighted by Gasteiger charge is -2.44. The third-order valence-corrected chi connectivity index (χ3v) is 18.1. The minimum Gasteiger partial charge on any atom is -0.463 e. The van der Waals surface area contributed by atoms with E-state index in [1.807, 2.05) is 0 Å². The monoisotopic (exact) mass is 1910 g/mol. The summed E-state index contributed by atoms with van der Waals surface area (Å²) < 4.78 is 141. The normalized spacial score (nSPS) is 21.4. The van der Waals surface area contributed by atoms with Crippen molar-refractivity contribution in [3.05, 3.63) is 35.9 Å². The van der Waals surface area contributed by atoms with E-state index in [1.165, 1.54) is 20.8 Å². The Morgan fingerprint density at radius 1 is 0.301 bits per heavy atom. The molecule has 3 fully saturated rings. The van der Waals surface area contributed by atoms with E-state index in [2.05, 4.69) is 42.5 Å². The largest absolute Gasteiger partial charge is 0.463 e. The van der Waals surface area contributed by atoms with Gasteiger partial charge in [0.2, 0.25) is 41.4 Å². The summed E-state index contributed by atoms with van der Waals surface area (Å²) in [5.41, 5.74) is -0.990. The maximum atomic E-state index is 13.9. The molecule has 133 heavy (non-hydrogen) atoms. The number of alkyl carbamates (subject to hydrolysis) is 1. The number of hydrogen-bond donors (Lipinski definition) is 8. The zero-order valence-corrected chi connectivity index (χ0v) is 76.8. The van der Waals surface area contributed by atoms with Crippen LogP contribution in [0.2, 0.25) is 0 Å². The average Bonchev–Trinajstić information content (AvgIpc) is 0.794. The van der Waals surface area contributed by atoms with Gasteiger partial charge in [-0.1, -0.05) is 30.3 Å². The second-order valence-electron chi connectivity index (χ2n) is 29.6. The third-order valence-electron chi connectivity index (χ3n) is 18.1. The van der Waals surface area contributed by atoms with Crippen LogP contribution in [0.4, 0.5) is 4.79 Å². The van der Waals surface area contributed by atoms with E-state index in [-0.39, 0.29) is 164 Å². The Morgan fingerprint density at radius 2 is 0.579 bits per heavy atom. The quantitative estimate of drug-likeness (QED) is 0.0178. The Kier molecular flexibility index (Phi) is 56.2. The molecule has 3 saturated heterocycles. The lowest BCUT2D eigenvalue weighted by molar-refractivity contribution is -0.279. The van der Waals surface area contributed by atoms with Gasteiger partial charge in [-0.3, -0.25) is 76.7 Å². The minimum absolute atomic E-state index is 0.0347. The first-order valence-electron chi connectivity index (χ1n) is 42.8. The molecule has 752 valence electrons. The molecule has 8 N–H and O–H groups in total. The van der Waals surface area contributed by atoms with Crippen LogP contribution < -0.4 is 42.5 Å². The number of nitrogens with one attached hydrogen (secondary N) is 8.